The first-order valence-corrected chi connectivity index (χ1v) is 37.5. The molecule has 2 aliphatic rings. The van der Waals surface area contributed by atoms with E-state index in [1.807, 2.05) is 6.07 Å². The van der Waals surface area contributed by atoms with E-state index >= 15 is 0 Å². The standard InChI is InChI=1S/C102H81BN4/c1-100(2,3)70-48-55-89-84(58-70)85-59-71(101(4,5)6)49-56-90(85)104(89)74-52-54-87-92(62-74)107(98-82(67-33-18-12-19-34-67)60-72(102(7,8)9)61-83(98)68-35-20-13-21-36-68)94-63-93-95(81-43-28-42-80-78-40-25-23-38-76(78)75-37-22-24-39-77(75)79-41-26-27-44-88(79)106(93)97(80)81)99-96(94)103(87)86-53-47-69(65-31-16-11-17-32-65)57-91(86)105(99)73-50-45-66(46-51-73)64-29-14-10-15-30-64/h10-63H,1-9H3/i11D,16D,17D,31D,32D. The number of aromatic nitrogens is 2. The molecule has 4 nitrogen and oxygen atoms in total. The average molecular weight is 1380 g/mol. The summed E-state index contributed by atoms with van der Waals surface area (Å²) < 4.78 is 51.7. The van der Waals surface area contributed by atoms with Crippen LogP contribution in [-0.4, -0.2) is 15.7 Å². The molecule has 2 aliphatic heterocycles. The number of hydrogen-bond donors (Lipinski definition) is 0. The Bertz CT molecular complexity index is 6900. The van der Waals surface area contributed by atoms with Crippen molar-refractivity contribution in [2.24, 2.45) is 0 Å². The van der Waals surface area contributed by atoms with Crippen LogP contribution < -0.4 is 26.2 Å². The molecule has 0 unspecified atom stereocenters. The highest BCUT2D eigenvalue weighted by atomic mass is 15.2. The van der Waals surface area contributed by atoms with E-state index in [9.17, 15) is 5.48 Å². The number of para-hydroxylation sites is 2. The van der Waals surface area contributed by atoms with E-state index in [0.29, 0.717) is 5.56 Å². The second-order valence-corrected chi connectivity index (χ2v) is 32.4. The Morgan fingerprint density at radius 2 is 0.757 bits per heavy atom. The SMILES string of the molecule is [2H]c1c([2H])c([2H])c(-c2ccc3c(c2)N(c2ccc(-c4ccccc4)cc2)c2c4c(cc5c2c2cccc6c7ccccc7c7ccccc7c7ccccc7n5c62)N(c2c(-c5ccccc5)cc(C(C)(C)C)cc2-c2ccccc2)c2cc(-n5c6ccc(C(C)(C)C)cc6c6cc(C(C)(C)C)ccc65)ccc2B34)c([2H])c1[2H]. The molecule has 0 saturated carbocycles. The predicted molar refractivity (Wildman–Crippen MR) is 460 cm³/mol. The highest BCUT2D eigenvalue weighted by Gasteiger charge is 2.47. The quantitative estimate of drug-likeness (QED) is 0.148. The van der Waals surface area contributed by atoms with Crippen molar-refractivity contribution >= 4 is 139 Å². The molecule has 20 rings (SSSR count). The number of fused-ring (bicyclic) bond motifs is 18. The van der Waals surface area contributed by atoms with Gasteiger partial charge in [-0.1, -0.05) is 311 Å². The van der Waals surface area contributed by atoms with Gasteiger partial charge < -0.3 is 18.8 Å². The molecule has 0 amide bonds. The maximum Gasteiger partial charge on any atom is 0.252 e. The van der Waals surface area contributed by atoms with Crippen LogP contribution in [0.4, 0.5) is 34.1 Å². The fourth-order valence-electron chi connectivity index (χ4n) is 17.7. The largest absolute Gasteiger partial charge is 0.311 e. The highest BCUT2D eigenvalue weighted by molar-refractivity contribution is 7.00. The van der Waals surface area contributed by atoms with Crippen LogP contribution in [0.2, 0.25) is 0 Å². The second kappa shape index (κ2) is 24.1. The Hall–Kier alpha value is -12.4. The highest BCUT2D eigenvalue weighted by Crippen LogP contribution is 2.56. The van der Waals surface area contributed by atoms with Gasteiger partial charge in [0.05, 0.1) is 45.8 Å². The summed E-state index contributed by atoms with van der Waals surface area (Å²) in [6.07, 6.45) is 0. The zero-order valence-corrected chi connectivity index (χ0v) is 61.7. The van der Waals surface area contributed by atoms with Gasteiger partial charge in [0.2, 0.25) is 0 Å². The summed E-state index contributed by atoms with van der Waals surface area (Å²) >= 11 is 0. The predicted octanol–water partition coefficient (Wildman–Crippen LogP) is 26.0. The summed E-state index contributed by atoms with van der Waals surface area (Å²) in [6.45, 7) is 20.3. The van der Waals surface area contributed by atoms with Crippen molar-refractivity contribution in [1.29, 1.82) is 0 Å². The molecule has 0 spiro atoms. The minimum Gasteiger partial charge on any atom is -0.311 e. The van der Waals surface area contributed by atoms with Crippen LogP contribution in [0.25, 0.3) is 132 Å². The second-order valence-electron chi connectivity index (χ2n) is 32.4. The van der Waals surface area contributed by atoms with Gasteiger partial charge in [0, 0.05) is 71.9 Å². The van der Waals surface area contributed by atoms with Crippen LogP contribution in [0.1, 0.15) is 85.9 Å². The molecule has 0 radical (unpaired) electrons. The Morgan fingerprint density at radius 3 is 1.34 bits per heavy atom. The van der Waals surface area contributed by atoms with Gasteiger partial charge in [-0.15, -0.1) is 0 Å². The number of rotatable bonds is 7. The summed E-state index contributed by atoms with van der Waals surface area (Å²) in [4.78, 5) is 5.12. The lowest BCUT2D eigenvalue weighted by atomic mass is 9.33. The van der Waals surface area contributed by atoms with E-state index in [4.69, 9.17) is 1.37 Å². The van der Waals surface area contributed by atoms with Crippen LogP contribution in [0.3, 0.4) is 0 Å². The third-order valence-electron chi connectivity index (χ3n) is 23.0. The van der Waals surface area contributed by atoms with Crippen molar-refractivity contribution in [2.75, 3.05) is 9.80 Å². The molecular weight excluding hydrogens is 1290 g/mol. The smallest absolute Gasteiger partial charge is 0.252 e. The van der Waals surface area contributed by atoms with Crippen molar-refractivity contribution in [2.45, 2.75) is 78.6 Å². The van der Waals surface area contributed by atoms with Crippen molar-refractivity contribution in [3.05, 3.63) is 344 Å². The molecule has 0 atom stereocenters. The number of hydrogen-bond acceptors (Lipinski definition) is 2. The Labute approximate surface area is 633 Å². The Morgan fingerprint density at radius 1 is 0.290 bits per heavy atom. The van der Waals surface area contributed by atoms with Crippen molar-refractivity contribution in [3.63, 3.8) is 0 Å². The Balaban J connectivity index is 1.03. The summed E-state index contributed by atoms with van der Waals surface area (Å²) in [5, 5.41) is 11.2. The van der Waals surface area contributed by atoms with Gasteiger partial charge in [0.1, 0.15) is 0 Å². The normalized spacial score (nSPS) is 13.7. The first-order chi connectivity index (χ1) is 54.1. The number of nitrogens with zero attached hydrogens (tertiary/aromatic N) is 4. The number of benzene rings is 15. The van der Waals surface area contributed by atoms with E-state index in [2.05, 4.69) is 372 Å². The zero-order valence-electron chi connectivity index (χ0n) is 66.7. The van der Waals surface area contributed by atoms with Gasteiger partial charge in [-0.05, 0) is 183 Å². The summed E-state index contributed by atoms with van der Waals surface area (Å²) in [5.41, 5.74) is 25.5. The van der Waals surface area contributed by atoms with E-state index in [1.165, 1.54) is 27.5 Å². The molecule has 0 aliphatic carbocycles. The van der Waals surface area contributed by atoms with E-state index in [0.717, 1.165) is 160 Å². The molecule has 107 heavy (non-hydrogen) atoms. The lowest BCUT2D eigenvalue weighted by molar-refractivity contribution is 0.590. The fourth-order valence-corrected chi connectivity index (χ4v) is 17.7. The molecule has 15 aromatic carbocycles. The molecule has 0 N–H and O–H groups in total. The average Bonchev–Trinajstić information content (AvgIpc) is 1.43. The Kier molecular flexibility index (Phi) is 13.2. The van der Waals surface area contributed by atoms with Crippen molar-refractivity contribution in [1.82, 2.24) is 8.97 Å². The third-order valence-corrected chi connectivity index (χ3v) is 23.0. The van der Waals surface area contributed by atoms with Gasteiger partial charge in [0.25, 0.3) is 6.71 Å². The first-order valence-electron chi connectivity index (χ1n) is 40.0. The minimum absolute atomic E-state index is 0.114. The topological polar surface area (TPSA) is 15.8 Å². The summed E-state index contributed by atoms with van der Waals surface area (Å²) in [5.74, 6) is 0. The van der Waals surface area contributed by atoms with Crippen LogP contribution >= 0.6 is 0 Å². The molecule has 0 saturated heterocycles. The molecule has 512 valence electrons. The maximum atomic E-state index is 9.69. The van der Waals surface area contributed by atoms with Crippen LogP contribution in [0, 0.1) is 0 Å². The molecule has 5 heteroatoms. The van der Waals surface area contributed by atoms with E-state index < -0.39 is 12.8 Å². The molecule has 18 aromatic rings. The minimum atomic E-state index is -0.477. The van der Waals surface area contributed by atoms with Crippen LogP contribution in [0.15, 0.2) is 327 Å². The van der Waals surface area contributed by atoms with Crippen molar-refractivity contribution < 1.29 is 6.85 Å². The van der Waals surface area contributed by atoms with Gasteiger partial charge in [-0.25, -0.2) is 0 Å². The van der Waals surface area contributed by atoms with E-state index in [1.54, 1.807) is 0 Å². The van der Waals surface area contributed by atoms with Gasteiger partial charge in [0.15, 0.2) is 0 Å². The summed E-state index contributed by atoms with van der Waals surface area (Å²) in [7, 11) is 0. The van der Waals surface area contributed by atoms with E-state index in [-0.39, 0.29) is 46.0 Å². The monoisotopic (exact) mass is 1380 g/mol. The fraction of sp³-hybridized carbons (Fsp3) is 0.118. The molecule has 0 bridgehead atoms. The van der Waals surface area contributed by atoms with Crippen LogP contribution in [0.5, 0.6) is 0 Å². The van der Waals surface area contributed by atoms with Crippen LogP contribution in [-0.2, 0) is 16.2 Å². The number of anilines is 6. The zero-order chi connectivity index (χ0) is 76.7. The van der Waals surface area contributed by atoms with Gasteiger partial charge in [-0.2, -0.15) is 0 Å². The molecular formula is C102H81BN4. The third kappa shape index (κ3) is 10.1. The molecule has 3 aromatic heterocycles. The molecule has 0 fully saturated rings. The molecule has 5 heterocycles. The van der Waals surface area contributed by atoms with Gasteiger partial charge >= 0.3 is 0 Å². The summed E-state index contributed by atoms with van der Waals surface area (Å²) in [6, 6.07) is 109. The first kappa shape index (κ1) is 58.9. The van der Waals surface area contributed by atoms with Crippen molar-refractivity contribution in [3.8, 4) is 50.2 Å². The maximum absolute atomic E-state index is 9.69. The lowest BCUT2D eigenvalue weighted by Crippen LogP contribution is -2.61. The van der Waals surface area contributed by atoms with Gasteiger partial charge in [-0.3, -0.25) is 0 Å². The lowest BCUT2D eigenvalue weighted by Gasteiger charge is -2.45.